The van der Waals surface area contributed by atoms with Crippen LogP contribution in [0.3, 0.4) is 0 Å². The van der Waals surface area contributed by atoms with Crippen LogP contribution in [0.5, 0.6) is 0 Å². The van der Waals surface area contributed by atoms with E-state index in [0.717, 1.165) is 214 Å². The average Bonchev–Trinajstić information content (AvgIpc) is 1.59. The number of hydrogen-bond acceptors (Lipinski definition) is 20. The van der Waals surface area contributed by atoms with Gasteiger partial charge in [0.25, 0.3) is 0 Å². The highest BCUT2D eigenvalue weighted by atomic mass is 16.6. The molecule has 0 radical (unpaired) electrons. The van der Waals surface area contributed by atoms with E-state index in [9.17, 15) is 79.2 Å². The predicted molar refractivity (Wildman–Crippen MR) is 526 cm³/mol. The molecule has 8 aliphatic rings. The smallest absolute Gasteiger partial charge is 0.414 e. The molecule has 8 N–H and O–H groups in total. The molecule has 4 aliphatic heterocycles. The summed E-state index contributed by atoms with van der Waals surface area (Å²) in [6.45, 7) is 8.01. The van der Waals surface area contributed by atoms with Crippen LogP contribution >= 0.6 is 0 Å². The first-order valence-corrected chi connectivity index (χ1v) is 49.1. The summed E-state index contributed by atoms with van der Waals surface area (Å²) in [6.07, 6.45) is 11.8. The van der Waals surface area contributed by atoms with Crippen molar-refractivity contribution in [2.24, 2.45) is 23.7 Å². The largest absolute Gasteiger partial charge is 0.481 e. The number of hydrogen-bond donors (Lipinski definition) is 8. The van der Waals surface area contributed by atoms with Gasteiger partial charge in [0.05, 0.1) is 119 Å². The SMILES string of the molecule is COC(=O)N1c2ccc3c(nc([C@@H](O)c4ccccc4)n3C3CCC[C@H](C(=O)O)C3)c2CC[C@@H]1C.COC(=O)N1c2ccc3c(nc([C@@H](O)c4ccccc4)n3C3CCC[C@H](C(=O)O)C3)c2CC[C@@H]1C.COC(=O)N1c2ccc3c(nc([C@H](O)c4ccccc4)n3C3CCC[C@@H](C(=O)O)C3)c2CC[C@H]1C.COC(=O)N1c2ccc3c(nc([C@H](O)c4ccccc4)n3C3CCC[C@H](C(=O)O)C3)c2CC[C@H]1C. The number of imidazole rings is 4. The van der Waals surface area contributed by atoms with Crippen molar-refractivity contribution in [2.45, 2.75) is 255 Å². The van der Waals surface area contributed by atoms with Crippen LogP contribution in [0.4, 0.5) is 41.9 Å². The van der Waals surface area contributed by atoms with E-state index >= 15 is 0 Å². The summed E-state index contributed by atoms with van der Waals surface area (Å²) in [4.78, 5) is 124. The van der Waals surface area contributed by atoms with Crippen LogP contribution in [0.1, 0.15) is 272 Å². The summed E-state index contributed by atoms with van der Waals surface area (Å²) >= 11 is 0. The second-order valence-corrected chi connectivity index (χ2v) is 38.7. The fourth-order valence-electron chi connectivity index (χ4n) is 23.1. The van der Waals surface area contributed by atoms with Crippen molar-refractivity contribution in [1.82, 2.24) is 38.2 Å². The van der Waals surface area contributed by atoms with Crippen LogP contribution in [0.2, 0.25) is 0 Å². The van der Waals surface area contributed by atoms with Gasteiger partial charge in [0.2, 0.25) is 0 Å². The van der Waals surface area contributed by atoms with E-state index in [1.165, 1.54) is 28.4 Å². The molecule has 20 rings (SSSR count). The van der Waals surface area contributed by atoms with Gasteiger partial charge in [-0.25, -0.2) is 39.1 Å². The molecule has 8 aromatic carbocycles. The Hall–Kier alpha value is -13.6. The number of methoxy groups -OCH3 is 4. The van der Waals surface area contributed by atoms with E-state index in [2.05, 4.69) is 18.3 Å². The standard InChI is InChI=1S/4C27H31N3O5/c4*1-16-11-12-20-21(29(16)27(34)35-2)13-14-22-23(20)28-25(24(31)17-7-4-3-5-8-17)30(22)19-10-6-9-18(15-19)26(32)33/h4*3-5,7-8,13-14,16,18-19,24,31H,6,9-12,15H2,1-2H3,(H,32,33)/t16-,18+,19?,24-;3*16-,18-,19?,24-/m1100/s1. The van der Waals surface area contributed by atoms with Crippen molar-refractivity contribution in [3.05, 3.63) is 238 Å². The molecule has 32 nitrogen and oxygen atoms in total. The second-order valence-electron chi connectivity index (χ2n) is 38.7. The Balaban J connectivity index is 0.000000129. The first-order chi connectivity index (χ1) is 67.6. The van der Waals surface area contributed by atoms with Gasteiger partial charge in [-0.1, -0.05) is 147 Å². The number of anilines is 4. The van der Waals surface area contributed by atoms with Gasteiger partial charge >= 0.3 is 48.3 Å². The van der Waals surface area contributed by atoms with Crippen molar-refractivity contribution < 1.29 is 98.2 Å². The topological polar surface area (TPSA) is 420 Å². The number of aliphatic hydroxyl groups excluding tert-OH is 4. The third-order valence-corrected chi connectivity index (χ3v) is 30.3. The molecule has 16 atom stereocenters. The van der Waals surface area contributed by atoms with Gasteiger partial charge in [-0.15, -0.1) is 0 Å². The minimum Gasteiger partial charge on any atom is -0.481 e. The zero-order chi connectivity index (χ0) is 98.8. The number of carboxylic acids is 4. The summed E-state index contributed by atoms with van der Waals surface area (Å²) in [5.41, 5.74) is 16.3. The maximum Gasteiger partial charge on any atom is 0.414 e. The van der Waals surface area contributed by atoms with Crippen molar-refractivity contribution in [1.29, 1.82) is 0 Å². The van der Waals surface area contributed by atoms with Gasteiger partial charge in [0, 0.05) is 70.6 Å². The molecule has 736 valence electrons. The van der Waals surface area contributed by atoms with Crippen LogP contribution in [0.15, 0.2) is 170 Å². The van der Waals surface area contributed by atoms with Gasteiger partial charge in [-0.2, -0.15) is 0 Å². The number of ether oxygens (including phenoxy) is 4. The maximum absolute atomic E-state index is 12.6. The van der Waals surface area contributed by atoms with Crippen LogP contribution in [0.25, 0.3) is 44.1 Å². The molecule has 4 saturated carbocycles. The number of aliphatic hydroxyl groups is 4. The number of carboxylic acid groups (broad SMARTS) is 4. The zero-order valence-corrected chi connectivity index (χ0v) is 80.2. The number of amides is 4. The molecule has 8 heterocycles. The number of aromatic nitrogens is 8. The molecular formula is C108H124N12O20. The fourth-order valence-corrected chi connectivity index (χ4v) is 23.1. The highest BCUT2D eigenvalue weighted by Crippen LogP contribution is 2.50. The lowest BCUT2D eigenvalue weighted by molar-refractivity contribution is -0.144. The van der Waals surface area contributed by atoms with E-state index in [4.69, 9.17) is 38.9 Å². The Bertz CT molecular complexity index is 5800. The van der Waals surface area contributed by atoms with Gasteiger partial charge in [-0.3, -0.25) is 38.8 Å². The number of aliphatic carboxylic acids is 4. The summed E-state index contributed by atoms with van der Waals surface area (Å²) in [5, 5.41) is 84.4. The number of nitrogens with zero attached hydrogens (tertiary/aromatic N) is 12. The predicted octanol–water partition coefficient (Wildman–Crippen LogP) is 19.4. The fraction of sp³-hybridized carbons (Fsp3) is 0.444. The minimum absolute atomic E-state index is 0.00136. The zero-order valence-electron chi connectivity index (χ0n) is 80.2. The minimum atomic E-state index is -0.955. The molecule has 0 saturated heterocycles. The monoisotopic (exact) mass is 1910 g/mol. The molecule has 4 unspecified atom stereocenters. The van der Waals surface area contributed by atoms with Crippen LogP contribution in [-0.2, 0) is 63.8 Å². The average molecular weight is 1910 g/mol. The molecular weight excluding hydrogens is 1790 g/mol. The molecule has 4 fully saturated rings. The van der Waals surface area contributed by atoms with E-state index < -0.39 is 96.3 Å². The highest BCUT2D eigenvalue weighted by Gasteiger charge is 2.43. The van der Waals surface area contributed by atoms with E-state index in [-0.39, 0.29) is 48.3 Å². The summed E-state index contributed by atoms with van der Waals surface area (Å²) in [6, 6.07) is 52.7. The van der Waals surface area contributed by atoms with E-state index in [0.29, 0.717) is 74.7 Å². The third-order valence-electron chi connectivity index (χ3n) is 30.3. The first kappa shape index (κ1) is 98.1. The molecule has 140 heavy (non-hydrogen) atoms. The number of carbonyl (C=O) groups excluding carboxylic acids is 4. The molecule has 4 aromatic heterocycles. The van der Waals surface area contributed by atoms with Gasteiger partial charge in [-0.05, 0) is 227 Å². The Kier molecular flexibility index (Phi) is 29.6. The normalized spacial score (nSPS) is 23.1. The number of benzene rings is 8. The molecule has 12 aromatic rings. The van der Waals surface area contributed by atoms with Gasteiger partial charge < -0.3 is 78.1 Å². The number of rotatable bonds is 16. The van der Waals surface area contributed by atoms with Crippen molar-refractivity contribution in [2.75, 3.05) is 48.0 Å². The number of fused-ring (bicyclic) bond motifs is 12. The lowest BCUT2D eigenvalue weighted by Crippen LogP contribution is -2.42. The Morgan fingerprint density at radius 1 is 0.279 bits per heavy atom. The summed E-state index contributed by atoms with van der Waals surface area (Å²) in [7, 11) is 5.53. The van der Waals surface area contributed by atoms with Crippen molar-refractivity contribution >= 4 is 115 Å². The maximum atomic E-state index is 12.6. The van der Waals surface area contributed by atoms with Crippen molar-refractivity contribution in [3.8, 4) is 0 Å². The Labute approximate surface area is 811 Å². The molecule has 0 bridgehead atoms. The Morgan fingerprint density at radius 2 is 0.471 bits per heavy atom. The van der Waals surface area contributed by atoms with Gasteiger partial charge in [0.15, 0.2) is 0 Å². The third kappa shape index (κ3) is 19.2. The van der Waals surface area contributed by atoms with Crippen LogP contribution < -0.4 is 19.6 Å². The molecule has 0 spiro atoms. The van der Waals surface area contributed by atoms with E-state index in [1.54, 1.807) is 19.6 Å². The van der Waals surface area contributed by atoms with Gasteiger partial charge in [0.1, 0.15) is 47.7 Å². The highest BCUT2D eigenvalue weighted by molar-refractivity contribution is 5.99. The molecule has 32 heteroatoms. The lowest BCUT2D eigenvalue weighted by atomic mass is 9.85. The first-order valence-electron chi connectivity index (χ1n) is 49.1. The van der Waals surface area contributed by atoms with Crippen LogP contribution in [0, 0.1) is 23.7 Å². The van der Waals surface area contributed by atoms with E-state index in [1.807, 2.05) is 198 Å². The summed E-state index contributed by atoms with van der Waals surface area (Å²) in [5.74, 6) is -2.71. The number of aryl methyl sites for hydroxylation is 4. The lowest BCUT2D eigenvalue weighted by Gasteiger charge is -2.34. The Morgan fingerprint density at radius 3 is 0.650 bits per heavy atom. The summed E-state index contributed by atoms with van der Waals surface area (Å²) < 4.78 is 28.4. The molecule has 4 aliphatic carbocycles. The number of carbonyl (C=O) groups is 8. The van der Waals surface area contributed by atoms with Crippen molar-refractivity contribution in [3.63, 3.8) is 0 Å². The molecule has 4 amide bonds. The quantitative estimate of drug-likeness (QED) is 0.0416. The van der Waals surface area contributed by atoms with Crippen LogP contribution in [-0.4, -0.2) is 180 Å². The second kappa shape index (κ2) is 42.2.